The van der Waals surface area contributed by atoms with E-state index in [4.69, 9.17) is 4.74 Å². The van der Waals surface area contributed by atoms with E-state index in [2.05, 4.69) is 21.8 Å². The Morgan fingerprint density at radius 1 is 1.12 bits per heavy atom. The van der Waals surface area contributed by atoms with E-state index in [0.29, 0.717) is 13.1 Å². The zero-order valence-corrected chi connectivity index (χ0v) is 14.8. The van der Waals surface area contributed by atoms with Crippen LogP contribution in [-0.2, 0) is 11.2 Å². The first-order valence-corrected chi connectivity index (χ1v) is 8.73. The van der Waals surface area contributed by atoms with Crippen LogP contribution in [0.1, 0.15) is 19.4 Å². The minimum atomic E-state index is -0.494. The summed E-state index contributed by atoms with van der Waals surface area (Å²) in [7, 11) is 0. The lowest BCUT2D eigenvalue weighted by molar-refractivity contribution is -0.138. The Balaban J connectivity index is 1.52. The third-order valence-corrected chi connectivity index (χ3v) is 4.42. The van der Waals surface area contributed by atoms with Gasteiger partial charge in [-0.25, -0.2) is 9.97 Å². The second-order valence-corrected chi connectivity index (χ2v) is 6.12. The average molecular weight is 340 g/mol. The Bertz CT molecular complexity index is 682. The molecule has 0 bridgehead atoms. The van der Waals surface area contributed by atoms with Gasteiger partial charge in [0.1, 0.15) is 5.75 Å². The SMILES string of the molecule is CCc1ccc(O[C@@H](C)C(=O)N2CCN(c3ncccn3)CC2)cc1. The van der Waals surface area contributed by atoms with Crippen LogP contribution in [0, 0.1) is 0 Å². The first kappa shape index (κ1) is 17.2. The minimum Gasteiger partial charge on any atom is -0.481 e. The Morgan fingerprint density at radius 2 is 1.76 bits per heavy atom. The van der Waals surface area contributed by atoms with Crippen molar-refractivity contribution in [2.24, 2.45) is 0 Å². The van der Waals surface area contributed by atoms with Crippen molar-refractivity contribution < 1.29 is 9.53 Å². The molecule has 1 aromatic carbocycles. The van der Waals surface area contributed by atoms with Crippen LogP contribution in [0.15, 0.2) is 42.7 Å². The van der Waals surface area contributed by atoms with Crippen molar-refractivity contribution in [2.75, 3.05) is 31.1 Å². The second-order valence-electron chi connectivity index (χ2n) is 6.12. The van der Waals surface area contributed by atoms with Crippen LogP contribution < -0.4 is 9.64 Å². The number of nitrogens with zero attached hydrogens (tertiary/aromatic N) is 4. The highest BCUT2D eigenvalue weighted by molar-refractivity contribution is 5.81. The summed E-state index contributed by atoms with van der Waals surface area (Å²) in [4.78, 5) is 25.1. The second kappa shape index (κ2) is 7.96. The Morgan fingerprint density at radius 3 is 2.36 bits per heavy atom. The van der Waals surface area contributed by atoms with Crippen molar-refractivity contribution in [3.63, 3.8) is 0 Å². The van der Waals surface area contributed by atoms with Crippen LogP contribution in [0.2, 0.25) is 0 Å². The molecular weight excluding hydrogens is 316 g/mol. The topological polar surface area (TPSA) is 58.6 Å². The molecule has 6 nitrogen and oxygen atoms in total. The molecule has 1 aliphatic rings. The van der Waals surface area contributed by atoms with Gasteiger partial charge in [-0.1, -0.05) is 19.1 Å². The van der Waals surface area contributed by atoms with E-state index in [1.165, 1.54) is 5.56 Å². The van der Waals surface area contributed by atoms with E-state index in [0.717, 1.165) is 31.2 Å². The van der Waals surface area contributed by atoms with Crippen molar-refractivity contribution in [2.45, 2.75) is 26.4 Å². The fraction of sp³-hybridized carbons (Fsp3) is 0.421. The monoisotopic (exact) mass is 340 g/mol. The molecule has 1 amide bonds. The van der Waals surface area contributed by atoms with Crippen molar-refractivity contribution >= 4 is 11.9 Å². The molecule has 2 heterocycles. The number of aryl methyl sites for hydroxylation is 1. The number of ether oxygens (including phenoxy) is 1. The number of rotatable bonds is 5. The molecule has 0 saturated carbocycles. The number of amides is 1. The highest BCUT2D eigenvalue weighted by atomic mass is 16.5. The van der Waals surface area contributed by atoms with E-state index in [1.807, 2.05) is 36.1 Å². The van der Waals surface area contributed by atoms with Gasteiger partial charge >= 0.3 is 0 Å². The summed E-state index contributed by atoms with van der Waals surface area (Å²) in [6, 6.07) is 9.71. The van der Waals surface area contributed by atoms with Crippen molar-refractivity contribution in [1.82, 2.24) is 14.9 Å². The van der Waals surface area contributed by atoms with Gasteiger partial charge in [0.25, 0.3) is 5.91 Å². The standard InChI is InChI=1S/C19H24N4O2/c1-3-16-5-7-17(8-6-16)25-15(2)18(24)22-11-13-23(14-12-22)19-20-9-4-10-21-19/h4-10,15H,3,11-14H2,1-2H3/t15-/m0/s1. The maximum atomic E-state index is 12.6. The van der Waals surface area contributed by atoms with Crippen molar-refractivity contribution in [3.05, 3.63) is 48.3 Å². The number of piperazine rings is 1. The molecule has 1 atom stereocenters. The summed E-state index contributed by atoms with van der Waals surface area (Å²) in [5.74, 6) is 1.47. The molecule has 3 rings (SSSR count). The number of anilines is 1. The van der Waals surface area contributed by atoms with Gasteiger partial charge in [0.05, 0.1) is 0 Å². The van der Waals surface area contributed by atoms with Gasteiger partial charge in [-0.05, 0) is 37.1 Å². The molecule has 0 radical (unpaired) electrons. The number of aromatic nitrogens is 2. The van der Waals surface area contributed by atoms with E-state index in [-0.39, 0.29) is 5.91 Å². The maximum Gasteiger partial charge on any atom is 0.263 e. The average Bonchev–Trinajstić information content (AvgIpc) is 2.69. The largest absolute Gasteiger partial charge is 0.481 e. The number of hydrogen-bond donors (Lipinski definition) is 0. The number of carbonyl (C=O) groups is 1. The summed E-state index contributed by atoms with van der Waals surface area (Å²) in [5, 5.41) is 0. The summed E-state index contributed by atoms with van der Waals surface area (Å²) in [5.41, 5.74) is 1.26. The maximum absolute atomic E-state index is 12.6. The van der Waals surface area contributed by atoms with Crippen LogP contribution in [-0.4, -0.2) is 53.1 Å². The third-order valence-electron chi connectivity index (χ3n) is 4.42. The summed E-state index contributed by atoms with van der Waals surface area (Å²) >= 11 is 0. The van der Waals surface area contributed by atoms with Crippen LogP contribution in [0.25, 0.3) is 0 Å². The quantitative estimate of drug-likeness (QED) is 0.835. The molecule has 0 aliphatic carbocycles. The lowest BCUT2D eigenvalue weighted by atomic mass is 10.2. The molecule has 6 heteroatoms. The van der Waals surface area contributed by atoms with Crippen LogP contribution in [0.5, 0.6) is 5.75 Å². The molecule has 1 aliphatic heterocycles. The molecule has 0 N–H and O–H groups in total. The Hall–Kier alpha value is -2.63. The normalized spacial score (nSPS) is 15.8. The summed E-state index contributed by atoms with van der Waals surface area (Å²) in [6.45, 7) is 6.69. The third kappa shape index (κ3) is 4.26. The van der Waals surface area contributed by atoms with E-state index < -0.39 is 6.10 Å². The van der Waals surface area contributed by atoms with Crippen molar-refractivity contribution in [3.8, 4) is 5.75 Å². The van der Waals surface area contributed by atoms with Gasteiger partial charge in [0.2, 0.25) is 5.95 Å². The van der Waals surface area contributed by atoms with Crippen molar-refractivity contribution in [1.29, 1.82) is 0 Å². The highest BCUT2D eigenvalue weighted by Crippen LogP contribution is 2.16. The summed E-state index contributed by atoms with van der Waals surface area (Å²) < 4.78 is 5.81. The lowest BCUT2D eigenvalue weighted by Gasteiger charge is -2.35. The molecule has 0 spiro atoms. The number of carbonyl (C=O) groups excluding carboxylic acids is 1. The van der Waals surface area contributed by atoms with Gasteiger partial charge in [0, 0.05) is 38.6 Å². The predicted molar refractivity (Wildman–Crippen MR) is 96.7 cm³/mol. The molecule has 132 valence electrons. The lowest BCUT2D eigenvalue weighted by Crippen LogP contribution is -2.52. The number of hydrogen-bond acceptors (Lipinski definition) is 5. The Labute approximate surface area is 148 Å². The fourth-order valence-electron chi connectivity index (χ4n) is 2.90. The zero-order valence-electron chi connectivity index (χ0n) is 14.8. The van der Waals surface area contributed by atoms with Gasteiger partial charge in [-0.15, -0.1) is 0 Å². The molecule has 1 fully saturated rings. The van der Waals surface area contributed by atoms with Crippen LogP contribution in [0.3, 0.4) is 0 Å². The Kier molecular flexibility index (Phi) is 5.48. The zero-order chi connectivity index (χ0) is 17.6. The molecular formula is C19H24N4O2. The predicted octanol–water partition coefficient (Wildman–Crippen LogP) is 2.16. The van der Waals surface area contributed by atoms with Gasteiger partial charge in [-0.3, -0.25) is 4.79 Å². The first-order chi connectivity index (χ1) is 12.2. The van der Waals surface area contributed by atoms with Gasteiger partial charge < -0.3 is 14.5 Å². The molecule has 1 saturated heterocycles. The fourth-order valence-corrected chi connectivity index (χ4v) is 2.90. The highest BCUT2D eigenvalue weighted by Gasteiger charge is 2.26. The molecule has 25 heavy (non-hydrogen) atoms. The van der Waals surface area contributed by atoms with E-state index in [1.54, 1.807) is 18.5 Å². The van der Waals surface area contributed by atoms with Gasteiger partial charge in [-0.2, -0.15) is 0 Å². The van der Waals surface area contributed by atoms with Crippen LogP contribution in [0.4, 0.5) is 5.95 Å². The van der Waals surface area contributed by atoms with Crippen LogP contribution >= 0.6 is 0 Å². The number of benzene rings is 1. The molecule has 0 unspecified atom stereocenters. The first-order valence-electron chi connectivity index (χ1n) is 8.73. The van der Waals surface area contributed by atoms with E-state index in [9.17, 15) is 4.79 Å². The molecule has 2 aromatic rings. The smallest absolute Gasteiger partial charge is 0.263 e. The minimum absolute atomic E-state index is 0.0215. The summed E-state index contributed by atoms with van der Waals surface area (Å²) in [6.07, 6.45) is 3.97. The molecule has 1 aromatic heterocycles. The van der Waals surface area contributed by atoms with Gasteiger partial charge in [0.15, 0.2) is 6.10 Å². The van der Waals surface area contributed by atoms with E-state index >= 15 is 0 Å².